The highest BCUT2D eigenvalue weighted by Gasteiger charge is 2.32. The van der Waals surface area contributed by atoms with E-state index in [4.69, 9.17) is 11.6 Å². The number of hydrogen-bond donors (Lipinski definition) is 1. The van der Waals surface area contributed by atoms with Crippen LogP contribution in [0, 0.1) is 0 Å². The van der Waals surface area contributed by atoms with E-state index >= 15 is 0 Å². The quantitative estimate of drug-likeness (QED) is 0.831. The number of hydrogen-bond acceptors (Lipinski definition) is 2. The number of carbonyl (C=O) groups is 1. The molecule has 1 rings (SSSR count). The monoisotopic (exact) mass is 220 g/mol. The third kappa shape index (κ3) is 2.92. The first kappa shape index (κ1) is 10.8. The van der Waals surface area contributed by atoms with Crippen molar-refractivity contribution in [3.63, 3.8) is 0 Å². The predicted octanol–water partition coefficient (Wildman–Crippen LogP) is 2.33. The first-order chi connectivity index (χ1) is 6.39. The molecule has 0 aliphatic carbocycles. The zero-order chi connectivity index (χ0) is 10.8. The van der Waals surface area contributed by atoms with Crippen molar-refractivity contribution in [3.8, 4) is 0 Å². The Hall–Kier alpha value is -1.23. The van der Waals surface area contributed by atoms with Gasteiger partial charge in [0.05, 0.1) is 0 Å². The van der Waals surface area contributed by atoms with Gasteiger partial charge in [-0.2, -0.15) is 8.78 Å². The number of nitrogens with one attached hydrogen (secondary N) is 1. The third-order valence-corrected chi connectivity index (χ3v) is 1.60. The largest absolute Gasteiger partial charge is 0.322 e. The van der Waals surface area contributed by atoms with E-state index in [-0.39, 0.29) is 5.82 Å². The molecule has 0 saturated carbocycles. The molecule has 0 spiro atoms. The van der Waals surface area contributed by atoms with Gasteiger partial charge in [-0.15, -0.1) is 0 Å². The number of alkyl halides is 2. The molecule has 76 valence electrons. The Bertz CT molecular complexity index is 351. The van der Waals surface area contributed by atoms with Crippen LogP contribution in [0.25, 0.3) is 0 Å². The summed E-state index contributed by atoms with van der Waals surface area (Å²) in [6.07, 6.45) is 1.31. The summed E-state index contributed by atoms with van der Waals surface area (Å²) in [5.41, 5.74) is 0. The summed E-state index contributed by atoms with van der Waals surface area (Å²) in [4.78, 5) is 14.4. The molecule has 0 aromatic carbocycles. The highest BCUT2D eigenvalue weighted by molar-refractivity contribution is 6.30. The summed E-state index contributed by atoms with van der Waals surface area (Å²) in [6.45, 7) is 0.507. The highest BCUT2D eigenvalue weighted by Crippen LogP contribution is 2.16. The Morgan fingerprint density at radius 1 is 1.64 bits per heavy atom. The summed E-state index contributed by atoms with van der Waals surface area (Å²) in [7, 11) is 0. The van der Waals surface area contributed by atoms with Crippen molar-refractivity contribution in [2.75, 3.05) is 5.32 Å². The molecule has 0 radical (unpaired) electrons. The van der Waals surface area contributed by atoms with Crippen LogP contribution in [0.2, 0.25) is 5.02 Å². The number of anilines is 1. The van der Waals surface area contributed by atoms with E-state index in [1.54, 1.807) is 0 Å². The molecule has 14 heavy (non-hydrogen) atoms. The van der Waals surface area contributed by atoms with Crippen molar-refractivity contribution in [2.45, 2.75) is 12.8 Å². The van der Waals surface area contributed by atoms with E-state index in [0.717, 1.165) is 0 Å². The SMILES string of the molecule is CC(F)(F)C(=O)Nc1cc(Cl)ccn1. The molecule has 0 aliphatic heterocycles. The van der Waals surface area contributed by atoms with Crippen molar-refractivity contribution in [2.24, 2.45) is 0 Å². The normalized spacial score (nSPS) is 11.1. The Labute approximate surface area is 84.1 Å². The van der Waals surface area contributed by atoms with Gasteiger partial charge in [0.25, 0.3) is 5.91 Å². The van der Waals surface area contributed by atoms with E-state index in [2.05, 4.69) is 4.98 Å². The Morgan fingerprint density at radius 3 is 2.79 bits per heavy atom. The van der Waals surface area contributed by atoms with Crippen LogP contribution in [0.15, 0.2) is 18.3 Å². The summed E-state index contributed by atoms with van der Waals surface area (Å²) in [6, 6.07) is 2.76. The number of amides is 1. The van der Waals surface area contributed by atoms with Gasteiger partial charge in [0, 0.05) is 18.1 Å². The smallest absolute Gasteiger partial charge is 0.305 e. The molecule has 0 aliphatic rings. The first-order valence-electron chi connectivity index (χ1n) is 3.70. The van der Waals surface area contributed by atoms with Gasteiger partial charge in [0.2, 0.25) is 0 Å². The molecule has 0 saturated heterocycles. The molecule has 1 aromatic rings. The van der Waals surface area contributed by atoms with Gasteiger partial charge >= 0.3 is 5.92 Å². The van der Waals surface area contributed by atoms with E-state index < -0.39 is 11.8 Å². The van der Waals surface area contributed by atoms with Gasteiger partial charge in [-0.1, -0.05) is 11.6 Å². The fourth-order valence-electron chi connectivity index (χ4n) is 0.699. The molecule has 1 aromatic heterocycles. The summed E-state index contributed by atoms with van der Waals surface area (Å²) in [5.74, 6) is -4.83. The van der Waals surface area contributed by atoms with E-state index in [1.165, 1.54) is 18.3 Å². The fraction of sp³-hybridized carbons (Fsp3) is 0.250. The Balaban J connectivity index is 2.75. The minimum Gasteiger partial charge on any atom is -0.305 e. The number of carbonyl (C=O) groups excluding carboxylic acids is 1. The number of pyridine rings is 1. The van der Waals surface area contributed by atoms with E-state index in [0.29, 0.717) is 11.9 Å². The molecule has 3 nitrogen and oxygen atoms in total. The Kier molecular flexibility index (Phi) is 3.00. The lowest BCUT2D eigenvalue weighted by atomic mass is 10.3. The number of halogens is 3. The summed E-state index contributed by atoms with van der Waals surface area (Å²) < 4.78 is 24.9. The average molecular weight is 221 g/mol. The van der Waals surface area contributed by atoms with Gasteiger partial charge in [-0.25, -0.2) is 4.98 Å². The zero-order valence-corrected chi connectivity index (χ0v) is 7.98. The topological polar surface area (TPSA) is 42.0 Å². The minimum absolute atomic E-state index is 0.00373. The van der Waals surface area contributed by atoms with Crippen molar-refractivity contribution in [1.29, 1.82) is 0 Å². The van der Waals surface area contributed by atoms with Crippen molar-refractivity contribution in [1.82, 2.24) is 4.98 Å². The third-order valence-electron chi connectivity index (χ3n) is 1.36. The second kappa shape index (κ2) is 3.88. The maximum Gasteiger partial charge on any atom is 0.322 e. The zero-order valence-electron chi connectivity index (χ0n) is 7.22. The van der Waals surface area contributed by atoms with Crippen LogP contribution in [0.1, 0.15) is 6.92 Å². The molecule has 1 heterocycles. The van der Waals surface area contributed by atoms with Gasteiger partial charge in [-0.3, -0.25) is 4.79 Å². The van der Waals surface area contributed by atoms with Gasteiger partial charge in [0.15, 0.2) is 0 Å². The summed E-state index contributed by atoms with van der Waals surface area (Å²) >= 11 is 5.56. The second-order valence-electron chi connectivity index (χ2n) is 2.70. The molecule has 6 heteroatoms. The van der Waals surface area contributed by atoms with Crippen LogP contribution in [-0.4, -0.2) is 16.8 Å². The average Bonchev–Trinajstić information content (AvgIpc) is 2.02. The molecule has 0 fully saturated rings. The Morgan fingerprint density at radius 2 is 2.29 bits per heavy atom. The number of rotatable bonds is 2. The number of nitrogens with zero attached hydrogens (tertiary/aromatic N) is 1. The van der Waals surface area contributed by atoms with Crippen LogP contribution in [0.3, 0.4) is 0 Å². The second-order valence-corrected chi connectivity index (χ2v) is 3.14. The standard InChI is InChI=1S/C8H7ClF2N2O/c1-8(10,11)7(14)13-6-4-5(9)2-3-12-6/h2-4H,1H3,(H,12,13,14). The van der Waals surface area contributed by atoms with Crippen LogP contribution >= 0.6 is 11.6 Å². The van der Waals surface area contributed by atoms with Gasteiger partial charge in [-0.05, 0) is 12.1 Å². The highest BCUT2D eigenvalue weighted by atomic mass is 35.5. The molecule has 0 bridgehead atoms. The minimum atomic E-state index is -3.43. The molecular weight excluding hydrogens is 214 g/mol. The van der Waals surface area contributed by atoms with Crippen LogP contribution < -0.4 is 5.32 Å². The maximum absolute atomic E-state index is 12.4. The van der Waals surface area contributed by atoms with Crippen LogP contribution in [-0.2, 0) is 4.79 Å². The van der Waals surface area contributed by atoms with Crippen LogP contribution in [0.5, 0.6) is 0 Å². The van der Waals surface area contributed by atoms with Gasteiger partial charge < -0.3 is 5.32 Å². The van der Waals surface area contributed by atoms with E-state index in [1.807, 2.05) is 5.32 Å². The predicted molar refractivity (Wildman–Crippen MR) is 48.5 cm³/mol. The fourth-order valence-corrected chi connectivity index (χ4v) is 0.859. The lowest BCUT2D eigenvalue weighted by Crippen LogP contribution is -2.31. The van der Waals surface area contributed by atoms with E-state index in [9.17, 15) is 13.6 Å². The molecular formula is C8H7ClF2N2O. The van der Waals surface area contributed by atoms with Crippen molar-refractivity contribution >= 4 is 23.3 Å². The molecule has 0 atom stereocenters. The lowest BCUT2D eigenvalue weighted by Gasteiger charge is -2.09. The van der Waals surface area contributed by atoms with Gasteiger partial charge in [0.1, 0.15) is 5.82 Å². The maximum atomic E-state index is 12.4. The molecule has 1 N–H and O–H groups in total. The first-order valence-corrected chi connectivity index (χ1v) is 4.08. The number of aromatic nitrogens is 1. The molecule has 0 unspecified atom stereocenters. The van der Waals surface area contributed by atoms with Crippen LogP contribution in [0.4, 0.5) is 14.6 Å². The molecule has 1 amide bonds. The summed E-state index contributed by atoms with van der Waals surface area (Å²) in [5, 5.41) is 2.25. The lowest BCUT2D eigenvalue weighted by molar-refractivity contribution is -0.137. The van der Waals surface area contributed by atoms with Crippen molar-refractivity contribution in [3.05, 3.63) is 23.4 Å². The van der Waals surface area contributed by atoms with Crippen molar-refractivity contribution < 1.29 is 13.6 Å².